The summed E-state index contributed by atoms with van der Waals surface area (Å²) in [4.78, 5) is 15.1. The van der Waals surface area contributed by atoms with Gasteiger partial charge < -0.3 is 10.3 Å². The van der Waals surface area contributed by atoms with Gasteiger partial charge in [-0.3, -0.25) is 4.79 Å². The molecular formula is C15H8ClF3N2O. The summed E-state index contributed by atoms with van der Waals surface area (Å²) >= 11 is 5.88. The zero-order chi connectivity index (χ0) is 15.9. The van der Waals surface area contributed by atoms with Crippen molar-refractivity contribution in [1.82, 2.24) is 4.98 Å². The van der Waals surface area contributed by atoms with E-state index >= 15 is 0 Å². The number of anilines is 1. The topological polar surface area (TPSA) is 44.9 Å². The molecule has 2 N–H and O–H groups in total. The van der Waals surface area contributed by atoms with Crippen LogP contribution in [0.25, 0.3) is 10.9 Å². The third kappa shape index (κ3) is 2.42. The Morgan fingerprint density at radius 1 is 1.09 bits per heavy atom. The van der Waals surface area contributed by atoms with Crippen LogP contribution in [0.4, 0.5) is 18.9 Å². The van der Waals surface area contributed by atoms with Crippen LogP contribution in [0.3, 0.4) is 0 Å². The van der Waals surface area contributed by atoms with E-state index in [9.17, 15) is 18.0 Å². The Kier molecular flexibility index (Phi) is 3.54. The van der Waals surface area contributed by atoms with E-state index < -0.39 is 29.0 Å². The Bertz CT molecular complexity index is 892. The average molecular weight is 325 g/mol. The molecule has 0 spiro atoms. The number of aromatic nitrogens is 1. The number of amides is 1. The van der Waals surface area contributed by atoms with Gasteiger partial charge in [0.1, 0.15) is 0 Å². The van der Waals surface area contributed by atoms with Crippen LogP contribution >= 0.6 is 11.6 Å². The number of aromatic amines is 1. The first kappa shape index (κ1) is 14.5. The van der Waals surface area contributed by atoms with E-state index in [0.29, 0.717) is 15.9 Å². The monoisotopic (exact) mass is 324 g/mol. The first-order chi connectivity index (χ1) is 10.5. The lowest BCUT2D eigenvalue weighted by Crippen LogP contribution is -2.13. The van der Waals surface area contributed by atoms with Gasteiger partial charge in [0.15, 0.2) is 17.5 Å². The minimum atomic E-state index is -1.64. The maximum absolute atomic E-state index is 13.6. The first-order valence-corrected chi connectivity index (χ1v) is 6.56. The number of benzene rings is 2. The van der Waals surface area contributed by atoms with Crippen molar-refractivity contribution in [1.29, 1.82) is 0 Å². The molecule has 2 aromatic carbocycles. The summed E-state index contributed by atoms with van der Waals surface area (Å²) in [6.45, 7) is 0. The van der Waals surface area contributed by atoms with E-state index in [1.54, 1.807) is 18.2 Å². The van der Waals surface area contributed by atoms with Crippen molar-refractivity contribution >= 4 is 34.1 Å². The Morgan fingerprint density at radius 2 is 1.86 bits per heavy atom. The molecular weight excluding hydrogens is 317 g/mol. The molecule has 0 saturated heterocycles. The van der Waals surface area contributed by atoms with Crippen LogP contribution in [0.1, 0.15) is 10.4 Å². The third-order valence-electron chi connectivity index (χ3n) is 3.17. The third-order valence-corrected chi connectivity index (χ3v) is 3.41. The summed E-state index contributed by atoms with van der Waals surface area (Å²) in [6.07, 6.45) is 1.42. The number of carbonyl (C=O) groups is 1. The molecule has 0 aliphatic rings. The molecule has 0 fully saturated rings. The lowest BCUT2D eigenvalue weighted by atomic mass is 10.1. The minimum Gasteiger partial charge on any atom is -0.360 e. The molecule has 0 bridgehead atoms. The number of nitrogens with one attached hydrogen (secondary N) is 2. The van der Waals surface area contributed by atoms with Gasteiger partial charge in [0.05, 0.1) is 11.3 Å². The second-order valence-corrected chi connectivity index (χ2v) is 5.01. The van der Waals surface area contributed by atoms with Gasteiger partial charge in [-0.25, -0.2) is 13.2 Å². The van der Waals surface area contributed by atoms with E-state index in [0.717, 1.165) is 12.1 Å². The molecule has 1 amide bonds. The normalized spacial score (nSPS) is 10.9. The second-order valence-electron chi connectivity index (χ2n) is 4.57. The maximum Gasteiger partial charge on any atom is 0.257 e. The minimum absolute atomic E-state index is 0.210. The lowest BCUT2D eigenvalue weighted by molar-refractivity contribution is 0.102. The van der Waals surface area contributed by atoms with Gasteiger partial charge in [-0.2, -0.15) is 0 Å². The quantitative estimate of drug-likeness (QED) is 0.670. The van der Waals surface area contributed by atoms with Crippen LogP contribution in [-0.2, 0) is 0 Å². The molecule has 0 unspecified atom stereocenters. The fraction of sp³-hybridized carbons (Fsp3) is 0. The van der Waals surface area contributed by atoms with Crippen molar-refractivity contribution in [2.45, 2.75) is 0 Å². The summed E-state index contributed by atoms with van der Waals surface area (Å²) in [7, 11) is 0. The van der Waals surface area contributed by atoms with E-state index in [1.807, 2.05) is 0 Å². The number of hydrogen-bond donors (Lipinski definition) is 2. The Balaban J connectivity index is 1.97. The van der Waals surface area contributed by atoms with Crippen LogP contribution in [0.5, 0.6) is 0 Å². The highest BCUT2D eigenvalue weighted by molar-refractivity contribution is 6.31. The van der Waals surface area contributed by atoms with E-state index in [4.69, 9.17) is 11.6 Å². The zero-order valence-electron chi connectivity index (χ0n) is 10.9. The van der Waals surface area contributed by atoms with Gasteiger partial charge in [0.2, 0.25) is 0 Å². The molecule has 1 heterocycles. The largest absolute Gasteiger partial charge is 0.360 e. The molecule has 112 valence electrons. The fourth-order valence-electron chi connectivity index (χ4n) is 2.09. The number of hydrogen-bond acceptors (Lipinski definition) is 1. The molecule has 7 heteroatoms. The number of H-pyrrole nitrogens is 1. The highest BCUT2D eigenvalue weighted by atomic mass is 35.5. The summed E-state index contributed by atoms with van der Waals surface area (Å²) in [5.74, 6) is -5.08. The Labute approximate surface area is 127 Å². The highest BCUT2D eigenvalue weighted by Gasteiger charge is 2.18. The summed E-state index contributed by atoms with van der Waals surface area (Å²) < 4.78 is 39.6. The van der Waals surface area contributed by atoms with Gasteiger partial charge in [-0.15, -0.1) is 0 Å². The second kappa shape index (κ2) is 5.38. The molecule has 3 rings (SSSR count). The summed E-state index contributed by atoms with van der Waals surface area (Å²) in [5, 5.41) is 3.17. The van der Waals surface area contributed by atoms with E-state index in [1.165, 1.54) is 6.20 Å². The van der Waals surface area contributed by atoms with Crippen LogP contribution in [0.2, 0.25) is 5.02 Å². The van der Waals surface area contributed by atoms with Gasteiger partial charge in [-0.1, -0.05) is 11.6 Å². The first-order valence-electron chi connectivity index (χ1n) is 6.19. The molecule has 3 aromatic rings. The standard InChI is InChI=1S/C15H8ClF3N2O/c16-7-1-3-11-8(5-7)9(6-20-11)15(22)21-12-4-2-10(17)13(18)14(12)19/h1-6,20H,(H,21,22). The fourth-order valence-corrected chi connectivity index (χ4v) is 2.26. The number of rotatable bonds is 2. The van der Waals surface area contributed by atoms with Crippen LogP contribution in [0, 0.1) is 17.5 Å². The molecule has 0 aliphatic carbocycles. The zero-order valence-corrected chi connectivity index (χ0v) is 11.6. The predicted octanol–water partition coefficient (Wildman–Crippen LogP) is 4.49. The molecule has 0 atom stereocenters. The van der Waals surface area contributed by atoms with Crippen molar-refractivity contribution < 1.29 is 18.0 Å². The highest BCUT2D eigenvalue weighted by Crippen LogP contribution is 2.25. The predicted molar refractivity (Wildman–Crippen MR) is 77.6 cm³/mol. The molecule has 0 radical (unpaired) electrons. The number of halogens is 4. The van der Waals surface area contributed by atoms with E-state index in [2.05, 4.69) is 10.3 Å². The smallest absolute Gasteiger partial charge is 0.257 e. The molecule has 0 saturated carbocycles. The molecule has 3 nitrogen and oxygen atoms in total. The maximum atomic E-state index is 13.6. The average Bonchev–Trinajstić information content (AvgIpc) is 2.91. The molecule has 0 aliphatic heterocycles. The van der Waals surface area contributed by atoms with Crippen LogP contribution in [-0.4, -0.2) is 10.9 Å². The van der Waals surface area contributed by atoms with Gasteiger partial charge in [0.25, 0.3) is 5.91 Å². The van der Waals surface area contributed by atoms with Crippen LogP contribution in [0.15, 0.2) is 36.5 Å². The van der Waals surface area contributed by atoms with Crippen molar-refractivity contribution in [2.75, 3.05) is 5.32 Å². The van der Waals surface area contributed by atoms with Crippen molar-refractivity contribution in [2.24, 2.45) is 0 Å². The van der Waals surface area contributed by atoms with Gasteiger partial charge in [-0.05, 0) is 30.3 Å². The lowest BCUT2D eigenvalue weighted by Gasteiger charge is -2.06. The number of carbonyl (C=O) groups excluding carboxylic acids is 1. The number of fused-ring (bicyclic) bond motifs is 1. The summed E-state index contributed by atoms with van der Waals surface area (Å²) in [6, 6.07) is 6.60. The summed E-state index contributed by atoms with van der Waals surface area (Å²) in [5.41, 5.74) is 0.433. The SMILES string of the molecule is O=C(Nc1ccc(F)c(F)c1F)c1c[nH]c2ccc(Cl)cc12. The molecule has 22 heavy (non-hydrogen) atoms. The Hall–Kier alpha value is -2.47. The van der Waals surface area contributed by atoms with E-state index in [-0.39, 0.29) is 5.56 Å². The van der Waals surface area contributed by atoms with Gasteiger partial charge in [0, 0.05) is 22.1 Å². The Morgan fingerprint density at radius 3 is 2.64 bits per heavy atom. The molecule has 1 aromatic heterocycles. The van der Waals surface area contributed by atoms with Crippen molar-refractivity contribution in [3.63, 3.8) is 0 Å². The van der Waals surface area contributed by atoms with Crippen molar-refractivity contribution in [3.05, 3.63) is 64.6 Å². The van der Waals surface area contributed by atoms with Crippen molar-refractivity contribution in [3.8, 4) is 0 Å². The van der Waals surface area contributed by atoms with Gasteiger partial charge >= 0.3 is 0 Å². The van der Waals surface area contributed by atoms with Crippen LogP contribution < -0.4 is 5.32 Å².